The molecular weight excluding hydrogens is 319 g/mol. The summed E-state index contributed by atoms with van der Waals surface area (Å²) in [6.45, 7) is 5.79. The number of carbonyl (C=O) groups is 1. The van der Waals surface area contributed by atoms with E-state index in [4.69, 9.17) is 0 Å². The molecule has 25 heavy (non-hydrogen) atoms. The lowest BCUT2D eigenvalue weighted by Crippen LogP contribution is -2.40. The lowest BCUT2D eigenvalue weighted by atomic mass is 10.0. The molecule has 0 aliphatic carbocycles. The van der Waals surface area contributed by atoms with E-state index >= 15 is 0 Å². The van der Waals surface area contributed by atoms with Crippen molar-refractivity contribution in [1.82, 2.24) is 5.32 Å². The maximum absolute atomic E-state index is 13.0. The smallest absolute Gasteiger partial charge is 0.319 e. The van der Waals surface area contributed by atoms with Crippen LogP contribution in [0.4, 0.5) is 14.9 Å². The Morgan fingerprint density at radius 3 is 2.16 bits per heavy atom. The summed E-state index contributed by atoms with van der Waals surface area (Å²) in [5.74, 6) is -0.363. The number of nitrogens with one attached hydrogen (secondary N) is 2. The Morgan fingerprint density at radius 2 is 1.64 bits per heavy atom. The van der Waals surface area contributed by atoms with Crippen molar-refractivity contribution in [3.63, 3.8) is 0 Å². The van der Waals surface area contributed by atoms with Crippen molar-refractivity contribution in [3.8, 4) is 0 Å². The number of hydrogen-bond donors (Lipinski definition) is 3. The van der Waals surface area contributed by atoms with Gasteiger partial charge in [-0.15, -0.1) is 0 Å². The molecule has 134 valence electrons. The number of hydrogen-bond acceptors (Lipinski definition) is 2. The summed E-state index contributed by atoms with van der Waals surface area (Å²) >= 11 is 0. The Hall–Kier alpha value is -2.40. The maximum Gasteiger partial charge on any atom is 0.319 e. The van der Waals surface area contributed by atoms with Crippen molar-refractivity contribution in [2.24, 2.45) is 0 Å². The van der Waals surface area contributed by atoms with Crippen LogP contribution in [-0.4, -0.2) is 17.2 Å². The van der Waals surface area contributed by atoms with Crippen LogP contribution in [-0.2, 0) is 12.8 Å². The summed E-state index contributed by atoms with van der Waals surface area (Å²) in [7, 11) is 0. The van der Waals surface area contributed by atoms with Crippen LogP contribution in [0.5, 0.6) is 0 Å². The van der Waals surface area contributed by atoms with Crippen LogP contribution in [0.3, 0.4) is 0 Å². The normalized spacial score (nSPS) is 13.2. The zero-order chi connectivity index (χ0) is 18.4. The molecule has 5 heteroatoms. The maximum atomic E-state index is 13.0. The van der Waals surface area contributed by atoms with Crippen LogP contribution >= 0.6 is 0 Å². The van der Waals surface area contributed by atoms with Gasteiger partial charge in [0, 0.05) is 5.69 Å². The minimum absolute atomic E-state index is 0.363. The van der Waals surface area contributed by atoms with Gasteiger partial charge in [0.05, 0.1) is 12.1 Å². The van der Waals surface area contributed by atoms with Gasteiger partial charge in [-0.3, -0.25) is 0 Å². The number of aliphatic hydroxyl groups is 1. The van der Waals surface area contributed by atoms with Gasteiger partial charge in [0.2, 0.25) is 0 Å². The number of benzene rings is 2. The molecule has 0 bridgehead atoms. The second-order valence-corrected chi connectivity index (χ2v) is 6.04. The van der Waals surface area contributed by atoms with Gasteiger partial charge in [-0.2, -0.15) is 0 Å². The molecule has 0 aliphatic rings. The molecule has 0 fully saturated rings. The molecule has 0 spiro atoms. The third-order valence-corrected chi connectivity index (χ3v) is 4.28. The zero-order valence-electron chi connectivity index (χ0n) is 14.8. The van der Waals surface area contributed by atoms with Crippen molar-refractivity contribution in [1.29, 1.82) is 0 Å². The molecule has 0 heterocycles. The van der Waals surface area contributed by atoms with Gasteiger partial charge >= 0.3 is 6.03 Å². The molecule has 4 nitrogen and oxygen atoms in total. The highest BCUT2D eigenvalue weighted by atomic mass is 19.1. The van der Waals surface area contributed by atoms with Gasteiger partial charge in [0.25, 0.3) is 0 Å². The van der Waals surface area contributed by atoms with Crippen LogP contribution in [0, 0.1) is 5.82 Å². The van der Waals surface area contributed by atoms with Crippen LogP contribution in [0.1, 0.15) is 43.6 Å². The molecule has 0 radical (unpaired) electrons. The van der Waals surface area contributed by atoms with Crippen molar-refractivity contribution in [2.45, 2.75) is 45.8 Å². The minimum Gasteiger partial charge on any atom is -0.386 e. The first-order valence-corrected chi connectivity index (χ1v) is 8.58. The fraction of sp³-hybridized carbons (Fsp3) is 0.350. The van der Waals surface area contributed by atoms with E-state index < -0.39 is 12.1 Å². The predicted octanol–water partition coefficient (Wildman–Crippen LogP) is 4.19. The Balaban J connectivity index is 2.06. The molecule has 0 aliphatic heterocycles. The van der Waals surface area contributed by atoms with E-state index in [9.17, 15) is 14.3 Å². The topological polar surface area (TPSA) is 61.4 Å². The number of para-hydroxylation sites is 1. The van der Waals surface area contributed by atoms with Crippen LogP contribution < -0.4 is 10.6 Å². The van der Waals surface area contributed by atoms with Crippen molar-refractivity contribution < 1.29 is 14.3 Å². The van der Waals surface area contributed by atoms with E-state index in [1.165, 1.54) is 24.3 Å². The fourth-order valence-corrected chi connectivity index (χ4v) is 2.79. The highest BCUT2D eigenvalue weighted by molar-refractivity contribution is 5.91. The van der Waals surface area contributed by atoms with Gasteiger partial charge in [0.15, 0.2) is 0 Å². The van der Waals surface area contributed by atoms with Crippen LogP contribution in [0.2, 0.25) is 0 Å². The molecular formula is C20H25FN2O2. The average Bonchev–Trinajstić information content (AvgIpc) is 2.61. The Kier molecular flexibility index (Phi) is 6.53. The second-order valence-electron chi connectivity index (χ2n) is 6.04. The molecule has 0 saturated heterocycles. The largest absolute Gasteiger partial charge is 0.386 e. The third-order valence-electron chi connectivity index (χ3n) is 4.28. The van der Waals surface area contributed by atoms with Crippen molar-refractivity contribution in [3.05, 3.63) is 65.0 Å². The molecule has 2 rings (SSSR count). The first-order valence-electron chi connectivity index (χ1n) is 8.58. The minimum atomic E-state index is -0.918. The monoisotopic (exact) mass is 344 g/mol. The SMILES string of the molecule is CCc1cccc(CC)c1NC(=O)NC(C)C(O)c1ccc(F)cc1. The zero-order valence-corrected chi connectivity index (χ0v) is 14.8. The Labute approximate surface area is 148 Å². The molecule has 2 unspecified atom stereocenters. The number of carbonyl (C=O) groups excluding carboxylic acids is 1. The van der Waals surface area contributed by atoms with Gasteiger partial charge in [-0.25, -0.2) is 9.18 Å². The Morgan fingerprint density at radius 1 is 1.08 bits per heavy atom. The number of aryl methyl sites for hydroxylation is 2. The molecule has 3 N–H and O–H groups in total. The summed E-state index contributed by atoms with van der Waals surface area (Å²) in [5.41, 5.74) is 3.52. The summed E-state index contributed by atoms with van der Waals surface area (Å²) < 4.78 is 13.0. The molecule has 2 amide bonds. The first kappa shape index (κ1) is 18.9. The number of urea groups is 1. The average molecular weight is 344 g/mol. The van der Waals surface area contributed by atoms with Crippen molar-refractivity contribution >= 4 is 11.7 Å². The summed E-state index contributed by atoms with van der Waals surface area (Å²) in [6.07, 6.45) is 0.715. The predicted molar refractivity (Wildman–Crippen MR) is 98.2 cm³/mol. The lowest BCUT2D eigenvalue weighted by molar-refractivity contribution is 0.139. The van der Waals surface area contributed by atoms with E-state index in [2.05, 4.69) is 10.6 Å². The summed E-state index contributed by atoms with van der Waals surface area (Å²) in [6, 6.07) is 10.7. The Bertz CT molecular complexity index is 694. The van der Waals surface area contributed by atoms with E-state index in [1.54, 1.807) is 6.92 Å². The standard InChI is InChI=1S/C20H25FN2O2/c1-4-14-7-6-8-15(5-2)18(14)23-20(25)22-13(3)19(24)16-9-11-17(21)12-10-16/h6-13,19,24H,4-5H2,1-3H3,(H2,22,23,25). The molecule has 2 aromatic carbocycles. The molecule has 2 atom stereocenters. The fourth-order valence-electron chi connectivity index (χ4n) is 2.79. The number of aliphatic hydroxyl groups excluding tert-OH is 1. The summed E-state index contributed by atoms with van der Waals surface area (Å²) in [5, 5.41) is 16.0. The van der Waals surface area contributed by atoms with E-state index in [0.717, 1.165) is 29.7 Å². The molecule has 0 saturated carbocycles. The van der Waals surface area contributed by atoms with E-state index in [1.807, 2.05) is 32.0 Å². The van der Waals surface area contributed by atoms with Gasteiger partial charge in [0.1, 0.15) is 5.82 Å². The van der Waals surface area contributed by atoms with E-state index in [-0.39, 0.29) is 11.8 Å². The summed E-state index contributed by atoms with van der Waals surface area (Å²) in [4.78, 5) is 12.4. The quantitative estimate of drug-likeness (QED) is 0.736. The van der Waals surface area contributed by atoms with E-state index in [0.29, 0.717) is 5.56 Å². The highest BCUT2D eigenvalue weighted by Gasteiger charge is 2.19. The van der Waals surface area contributed by atoms with Gasteiger partial charge in [-0.05, 0) is 48.6 Å². The number of amides is 2. The van der Waals surface area contributed by atoms with Crippen molar-refractivity contribution in [2.75, 3.05) is 5.32 Å². The van der Waals surface area contributed by atoms with Crippen LogP contribution in [0.15, 0.2) is 42.5 Å². The third kappa shape index (κ3) is 4.79. The van der Waals surface area contributed by atoms with Gasteiger partial charge in [-0.1, -0.05) is 44.2 Å². The first-order chi connectivity index (χ1) is 12.0. The van der Waals surface area contributed by atoms with Crippen LogP contribution in [0.25, 0.3) is 0 Å². The number of rotatable bonds is 6. The number of halogens is 1. The second kappa shape index (κ2) is 8.62. The number of anilines is 1. The molecule has 0 aromatic heterocycles. The lowest BCUT2D eigenvalue weighted by Gasteiger charge is -2.22. The highest BCUT2D eigenvalue weighted by Crippen LogP contribution is 2.23. The van der Waals surface area contributed by atoms with Gasteiger partial charge < -0.3 is 15.7 Å². The molecule has 2 aromatic rings.